The minimum atomic E-state index is -0.360. The van der Waals surface area contributed by atoms with Crippen LogP contribution in [0.25, 0.3) is 0 Å². The Bertz CT molecular complexity index is 491. The van der Waals surface area contributed by atoms with Gasteiger partial charge in [-0.3, -0.25) is 9.59 Å². The highest BCUT2D eigenvalue weighted by Crippen LogP contribution is 2.22. The van der Waals surface area contributed by atoms with E-state index in [-0.39, 0.29) is 23.5 Å². The number of halogens is 1. The fraction of sp³-hybridized carbons (Fsp3) is 0.250. The molecule has 88 valence electrons. The zero-order chi connectivity index (χ0) is 12.8. The van der Waals surface area contributed by atoms with Gasteiger partial charge in [-0.2, -0.15) is 5.26 Å². The van der Waals surface area contributed by atoms with E-state index in [0.29, 0.717) is 22.9 Å². The maximum atomic E-state index is 11.3. The van der Waals surface area contributed by atoms with Crippen LogP contribution in [0, 0.1) is 11.3 Å². The van der Waals surface area contributed by atoms with Gasteiger partial charge in [-0.25, -0.2) is 0 Å². The summed E-state index contributed by atoms with van der Waals surface area (Å²) < 4.78 is 5.31. The topological polar surface area (TPSA) is 67.2 Å². The van der Waals surface area contributed by atoms with Crippen LogP contribution in [0.15, 0.2) is 16.6 Å². The molecule has 0 spiro atoms. The van der Waals surface area contributed by atoms with Crippen molar-refractivity contribution in [3.8, 4) is 6.07 Å². The molecule has 17 heavy (non-hydrogen) atoms. The first-order valence-corrected chi connectivity index (χ1v) is 5.75. The third-order valence-electron chi connectivity index (χ3n) is 2.07. The molecule has 1 aromatic rings. The standard InChI is InChI=1S/C12H10BrNO3/c1-2-17-12(16)5-8-3-9(7-15)10(6-14)11(13)4-8/h3-4,7H,2,5H2,1H3. The van der Waals surface area contributed by atoms with Gasteiger partial charge < -0.3 is 4.74 Å². The fourth-order valence-electron chi connectivity index (χ4n) is 1.38. The van der Waals surface area contributed by atoms with Crippen molar-refractivity contribution >= 4 is 28.2 Å². The van der Waals surface area contributed by atoms with E-state index in [2.05, 4.69) is 15.9 Å². The van der Waals surface area contributed by atoms with Gasteiger partial charge in [-0.05, 0) is 40.5 Å². The van der Waals surface area contributed by atoms with Crippen molar-refractivity contribution in [1.29, 1.82) is 5.26 Å². The summed E-state index contributed by atoms with van der Waals surface area (Å²) in [5.74, 6) is -0.360. The minimum absolute atomic E-state index is 0.0823. The molecule has 0 unspecified atom stereocenters. The van der Waals surface area contributed by atoms with Crippen molar-refractivity contribution in [2.24, 2.45) is 0 Å². The first-order valence-electron chi connectivity index (χ1n) is 4.95. The Balaban J connectivity index is 3.04. The molecule has 0 atom stereocenters. The number of nitriles is 1. The number of ether oxygens (including phenoxy) is 1. The maximum Gasteiger partial charge on any atom is 0.310 e. The molecule has 0 N–H and O–H groups in total. The number of aldehydes is 1. The predicted molar refractivity (Wildman–Crippen MR) is 64.6 cm³/mol. The summed E-state index contributed by atoms with van der Waals surface area (Å²) in [6, 6.07) is 5.09. The van der Waals surface area contributed by atoms with Gasteiger partial charge in [0.1, 0.15) is 6.07 Å². The monoisotopic (exact) mass is 295 g/mol. The lowest BCUT2D eigenvalue weighted by atomic mass is 10.0. The molecule has 1 aromatic carbocycles. The van der Waals surface area contributed by atoms with E-state index in [0.717, 1.165) is 0 Å². The van der Waals surface area contributed by atoms with Gasteiger partial charge >= 0.3 is 5.97 Å². The first-order chi connectivity index (χ1) is 8.12. The van der Waals surface area contributed by atoms with Crippen LogP contribution >= 0.6 is 15.9 Å². The maximum absolute atomic E-state index is 11.3. The Hall–Kier alpha value is -1.67. The second-order valence-electron chi connectivity index (χ2n) is 3.25. The van der Waals surface area contributed by atoms with Crippen LogP contribution in [-0.2, 0) is 16.0 Å². The van der Waals surface area contributed by atoms with Gasteiger partial charge in [0.25, 0.3) is 0 Å². The second-order valence-corrected chi connectivity index (χ2v) is 4.11. The molecule has 0 saturated carbocycles. The Morgan fingerprint density at radius 3 is 2.82 bits per heavy atom. The number of benzene rings is 1. The average Bonchev–Trinajstić information content (AvgIpc) is 2.28. The summed E-state index contributed by atoms with van der Waals surface area (Å²) in [6.07, 6.45) is 0.678. The summed E-state index contributed by atoms with van der Waals surface area (Å²) >= 11 is 3.19. The molecule has 5 heteroatoms. The highest BCUT2D eigenvalue weighted by Gasteiger charge is 2.11. The van der Waals surface area contributed by atoms with Crippen LogP contribution in [0.2, 0.25) is 0 Å². The van der Waals surface area contributed by atoms with Crippen LogP contribution < -0.4 is 0 Å². The van der Waals surface area contributed by atoms with E-state index in [4.69, 9.17) is 10.00 Å². The SMILES string of the molecule is CCOC(=O)Cc1cc(Br)c(C#N)c(C=O)c1. The molecule has 0 radical (unpaired) electrons. The normalized spacial score (nSPS) is 9.47. The van der Waals surface area contributed by atoms with Gasteiger partial charge in [-0.15, -0.1) is 0 Å². The first kappa shape index (κ1) is 13.4. The van der Waals surface area contributed by atoms with E-state index in [1.165, 1.54) is 6.07 Å². The quantitative estimate of drug-likeness (QED) is 0.631. The molecular formula is C12H10BrNO3. The van der Waals surface area contributed by atoms with Crippen LogP contribution in [-0.4, -0.2) is 18.9 Å². The Morgan fingerprint density at radius 1 is 1.59 bits per heavy atom. The largest absolute Gasteiger partial charge is 0.466 e. The molecule has 0 saturated heterocycles. The second kappa shape index (κ2) is 6.16. The van der Waals surface area contributed by atoms with Crippen molar-refractivity contribution in [3.63, 3.8) is 0 Å². The minimum Gasteiger partial charge on any atom is -0.466 e. The van der Waals surface area contributed by atoms with Crippen LogP contribution in [0.4, 0.5) is 0 Å². The van der Waals surface area contributed by atoms with E-state index in [1.807, 2.05) is 6.07 Å². The van der Waals surface area contributed by atoms with Gasteiger partial charge in [0, 0.05) is 10.0 Å². The van der Waals surface area contributed by atoms with Crippen molar-refractivity contribution in [1.82, 2.24) is 0 Å². The third kappa shape index (κ3) is 3.40. The third-order valence-corrected chi connectivity index (χ3v) is 2.70. The van der Waals surface area contributed by atoms with Crippen LogP contribution in [0.3, 0.4) is 0 Å². The molecule has 0 aliphatic carbocycles. The smallest absolute Gasteiger partial charge is 0.310 e. The van der Waals surface area contributed by atoms with E-state index in [9.17, 15) is 9.59 Å². The molecule has 0 bridgehead atoms. The van der Waals surface area contributed by atoms with Crippen molar-refractivity contribution in [2.75, 3.05) is 6.61 Å². The summed E-state index contributed by atoms with van der Waals surface area (Å²) in [5, 5.41) is 8.86. The predicted octanol–water partition coefficient (Wildman–Crippen LogP) is 2.24. The highest BCUT2D eigenvalue weighted by molar-refractivity contribution is 9.10. The van der Waals surface area contributed by atoms with Gasteiger partial charge in [0.15, 0.2) is 6.29 Å². The number of hydrogen-bond donors (Lipinski definition) is 0. The van der Waals surface area contributed by atoms with Crippen molar-refractivity contribution < 1.29 is 14.3 Å². The lowest BCUT2D eigenvalue weighted by Crippen LogP contribution is -2.08. The Labute approximate surface area is 107 Å². The number of carbonyl (C=O) groups is 2. The van der Waals surface area contributed by atoms with Crippen molar-refractivity contribution in [3.05, 3.63) is 33.3 Å². The lowest BCUT2D eigenvalue weighted by Gasteiger charge is -2.05. The van der Waals surface area contributed by atoms with E-state index < -0.39 is 0 Å². The number of carbonyl (C=O) groups excluding carboxylic acids is 2. The van der Waals surface area contributed by atoms with Gasteiger partial charge in [-0.1, -0.05) is 0 Å². The number of rotatable bonds is 4. The molecule has 0 aromatic heterocycles. The Kier molecular flexibility index (Phi) is 4.85. The zero-order valence-electron chi connectivity index (χ0n) is 9.20. The summed E-state index contributed by atoms with van der Waals surface area (Å²) in [4.78, 5) is 22.1. The van der Waals surface area contributed by atoms with Gasteiger partial charge in [0.2, 0.25) is 0 Å². The van der Waals surface area contributed by atoms with Crippen LogP contribution in [0.1, 0.15) is 28.4 Å². The summed E-state index contributed by atoms with van der Waals surface area (Å²) in [6.45, 7) is 2.04. The van der Waals surface area contributed by atoms with Crippen molar-refractivity contribution in [2.45, 2.75) is 13.3 Å². The molecular weight excluding hydrogens is 286 g/mol. The molecule has 0 heterocycles. The molecule has 0 aliphatic heterocycles. The number of esters is 1. The van der Waals surface area contributed by atoms with Crippen LogP contribution in [0.5, 0.6) is 0 Å². The lowest BCUT2D eigenvalue weighted by molar-refractivity contribution is -0.142. The Morgan fingerprint density at radius 2 is 2.29 bits per heavy atom. The molecule has 4 nitrogen and oxygen atoms in total. The number of hydrogen-bond acceptors (Lipinski definition) is 4. The fourth-order valence-corrected chi connectivity index (χ4v) is 1.99. The molecule has 0 amide bonds. The van der Waals surface area contributed by atoms with Gasteiger partial charge in [0.05, 0.1) is 18.6 Å². The summed E-state index contributed by atoms with van der Waals surface area (Å²) in [5.41, 5.74) is 1.17. The zero-order valence-corrected chi connectivity index (χ0v) is 10.8. The summed E-state index contributed by atoms with van der Waals surface area (Å²) in [7, 11) is 0. The van der Waals surface area contributed by atoms with E-state index >= 15 is 0 Å². The molecule has 0 aliphatic rings. The highest BCUT2D eigenvalue weighted by atomic mass is 79.9. The van der Waals surface area contributed by atoms with E-state index in [1.54, 1.807) is 13.0 Å². The average molecular weight is 296 g/mol. The number of nitrogens with zero attached hydrogens (tertiary/aromatic N) is 1. The molecule has 0 fully saturated rings. The molecule has 1 rings (SSSR count).